The van der Waals surface area contributed by atoms with Gasteiger partial charge in [-0.25, -0.2) is 26.7 Å². The number of carbonyl (C=O) groups is 2. The number of halogens is 3. The molecule has 0 bridgehead atoms. The monoisotopic (exact) mass is 544 g/mol. The zero-order chi connectivity index (χ0) is 26.9. The average Bonchev–Trinajstić information content (AvgIpc) is 3.25. The number of benzene rings is 1. The van der Waals surface area contributed by atoms with Crippen LogP contribution in [0.1, 0.15) is 43.2 Å². The van der Waals surface area contributed by atoms with Crippen LogP contribution in [-0.4, -0.2) is 59.0 Å². The van der Waals surface area contributed by atoms with Gasteiger partial charge in [-0.1, -0.05) is 11.6 Å². The Bertz CT molecular complexity index is 1450. The number of sulfone groups is 1. The second kappa shape index (κ2) is 10.4. The van der Waals surface area contributed by atoms with Gasteiger partial charge in [-0.3, -0.25) is 9.48 Å². The third kappa shape index (κ3) is 5.47. The van der Waals surface area contributed by atoms with Gasteiger partial charge in [-0.15, -0.1) is 0 Å². The van der Waals surface area contributed by atoms with Crippen molar-refractivity contribution in [3.05, 3.63) is 57.0 Å². The number of hydrogen-bond donors (Lipinski definition) is 0. The molecule has 0 atom stereocenters. The average molecular weight is 545 g/mol. The van der Waals surface area contributed by atoms with Crippen molar-refractivity contribution < 1.29 is 36.3 Å². The molecule has 0 radical (unpaired) electrons. The molecule has 14 heteroatoms. The molecule has 0 amide bonds. The van der Waals surface area contributed by atoms with Crippen LogP contribution < -0.4 is 4.74 Å². The van der Waals surface area contributed by atoms with E-state index in [0.717, 1.165) is 12.3 Å². The standard InChI is InChI=1S/C22H23ClF2N4O6S/c1-11-18(12(2)28(3)27-11)22(31)35-21-14(8-26-29(21)4)20(30)13-6-7-16(36(5,32)33)15(19(13)23)9-34-10-17(24)25/h6-8,17H,9-10H2,1-5H3. The highest BCUT2D eigenvalue weighted by atomic mass is 35.5. The number of alkyl halides is 2. The number of nitrogens with zero attached hydrogens (tertiary/aromatic N) is 4. The van der Waals surface area contributed by atoms with E-state index in [4.69, 9.17) is 21.1 Å². The quantitative estimate of drug-likeness (QED) is 0.297. The van der Waals surface area contributed by atoms with Crippen LogP contribution >= 0.6 is 11.6 Å². The second-order valence-electron chi connectivity index (χ2n) is 7.96. The van der Waals surface area contributed by atoms with Crippen molar-refractivity contribution in [3.63, 3.8) is 0 Å². The summed E-state index contributed by atoms with van der Waals surface area (Å²) in [6.45, 7) is 1.81. The number of esters is 1. The molecule has 194 valence electrons. The van der Waals surface area contributed by atoms with Crippen molar-refractivity contribution in [1.82, 2.24) is 19.6 Å². The second-order valence-corrected chi connectivity index (χ2v) is 10.3. The predicted molar refractivity (Wildman–Crippen MR) is 125 cm³/mol. The lowest BCUT2D eigenvalue weighted by Gasteiger charge is -2.14. The molecular weight excluding hydrogens is 522 g/mol. The van der Waals surface area contributed by atoms with Gasteiger partial charge >= 0.3 is 5.97 Å². The first-order chi connectivity index (χ1) is 16.7. The summed E-state index contributed by atoms with van der Waals surface area (Å²) in [4.78, 5) is 26.0. The molecule has 2 heterocycles. The van der Waals surface area contributed by atoms with E-state index in [1.54, 1.807) is 20.9 Å². The lowest BCUT2D eigenvalue weighted by Crippen LogP contribution is -2.16. The van der Waals surface area contributed by atoms with Crippen molar-refractivity contribution in [2.45, 2.75) is 31.8 Å². The van der Waals surface area contributed by atoms with Crippen LogP contribution in [0.5, 0.6) is 5.88 Å². The first-order valence-electron chi connectivity index (χ1n) is 10.4. The zero-order valence-electron chi connectivity index (χ0n) is 20.0. The summed E-state index contributed by atoms with van der Waals surface area (Å²) in [5.74, 6) is -1.66. The summed E-state index contributed by atoms with van der Waals surface area (Å²) in [5, 5.41) is 7.87. The molecule has 0 aliphatic heterocycles. The predicted octanol–water partition coefficient (Wildman–Crippen LogP) is 3.06. The Morgan fingerprint density at radius 2 is 1.81 bits per heavy atom. The molecule has 3 rings (SSSR count). The first-order valence-corrected chi connectivity index (χ1v) is 12.7. The fourth-order valence-electron chi connectivity index (χ4n) is 3.57. The number of hydrogen-bond acceptors (Lipinski definition) is 8. The van der Waals surface area contributed by atoms with E-state index >= 15 is 0 Å². The lowest BCUT2D eigenvalue weighted by atomic mass is 10.0. The largest absolute Gasteiger partial charge is 0.403 e. The summed E-state index contributed by atoms with van der Waals surface area (Å²) < 4.78 is 62.6. The van der Waals surface area contributed by atoms with Crippen molar-refractivity contribution >= 4 is 33.2 Å². The van der Waals surface area contributed by atoms with Gasteiger partial charge in [0.15, 0.2) is 9.84 Å². The third-order valence-electron chi connectivity index (χ3n) is 5.37. The van der Waals surface area contributed by atoms with E-state index in [1.807, 2.05) is 0 Å². The SMILES string of the molecule is Cc1nn(C)c(C)c1C(=O)Oc1c(C(=O)c2ccc(S(C)(=O)=O)c(COCC(F)F)c2Cl)cnn1C. The van der Waals surface area contributed by atoms with Crippen LogP contribution in [0.25, 0.3) is 0 Å². The summed E-state index contributed by atoms with van der Waals surface area (Å²) in [6, 6.07) is 2.33. The van der Waals surface area contributed by atoms with Gasteiger partial charge in [0.25, 0.3) is 6.43 Å². The molecule has 0 saturated heterocycles. The highest BCUT2D eigenvalue weighted by Crippen LogP contribution is 2.32. The summed E-state index contributed by atoms with van der Waals surface area (Å²) >= 11 is 6.39. The molecule has 36 heavy (non-hydrogen) atoms. The Hall–Kier alpha value is -3.16. The maximum absolute atomic E-state index is 13.4. The first kappa shape index (κ1) is 27.4. The van der Waals surface area contributed by atoms with Gasteiger partial charge in [0, 0.05) is 37.2 Å². The van der Waals surface area contributed by atoms with Crippen molar-refractivity contribution in [3.8, 4) is 5.88 Å². The van der Waals surface area contributed by atoms with Crippen molar-refractivity contribution in [2.24, 2.45) is 14.1 Å². The number of carbonyl (C=O) groups excluding carboxylic acids is 2. The number of rotatable bonds is 9. The molecule has 0 aliphatic carbocycles. The molecule has 1 aromatic carbocycles. The van der Waals surface area contributed by atoms with Crippen molar-refractivity contribution in [1.29, 1.82) is 0 Å². The minimum absolute atomic E-state index is 0.126. The van der Waals surface area contributed by atoms with Gasteiger partial charge in [0.05, 0.1) is 28.4 Å². The minimum atomic E-state index is -3.83. The molecule has 3 aromatic rings. The third-order valence-corrected chi connectivity index (χ3v) is 6.98. The molecule has 10 nitrogen and oxygen atoms in total. The zero-order valence-corrected chi connectivity index (χ0v) is 21.6. The molecular formula is C22H23ClF2N4O6S. The Kier molecular flexibility index (Phi) is 7.96. The number of ether oxygens (including phenoxy) is 2. The number of aryl methyl sites for hydroxylation is 3. The smallest absolute Gasteiger partial charge is 0.348 e. The Morgan fingerprint density at radius 1 is 1.14 bits per heavy atom. The molecule has 0 N–H and O–H groups in total. The Balaban J connectivity index is 2.02. The van der Waals surface area contributed by atoms with Crippen LogP contribution in [0.4, 0.5) is 8.78 Å². The maximum atomic E-state index is 13.4. The fraction of sp³-hybridized carbons (Fsp3) is 0.364. The molecule has 0 saturated carbocycles. The summed E-state index contributed by atoms with van der Waals surface area (Å²) in [6.07, 6.45) is -0.700. The highest BCUT2D eigenvalue weighted by Gasteiger charge is 2.28. The van der Waals surface area contributed by atoms with E-state index in [9.17, 15) is 26.8 Å². The van der Waals surface area contributed by atoms with Crippen LogP contribution in [0, 0.1) is 13.8 Å². The lowest BCUT2D eigenvalue weighted by molar-refractivity contribution is 0.00922. The van der Waals surface area contributed by atoms with Gasteiger partial charge in [-0.2, -0.15) is 10.2 Å². The summed E-state index contributed by atoms with van der Waals surface area (Å²) in [5.41, 5.74) is 0.793. The van der Waals surface area contributed by atoms with Gasteiger partial charge in [-0.05, 0) is 26.0 Å². The molecule has 2 aromatic heterocycles. The van der Waals surface area contributed by atoms with Gasteiger partial charge in [0.1, 0.15) is 17.7 Å². The van der Waals surface area contributed by atoms with E-state index in [1.165, 1.54) is 28.7 Å². The number of aromatic nitrogens is 4. The molecule has 0 unspecified atom stereocenters. The van der Waals surface area contributed by atoms with Crippen LogP contribution in [0.2, 0.25) is 5.02 Å². The fourth-order valence-corrected chi connectivity index (χ4v) is 4.85. The Morgan fingerprint density at radius 3 is 2.36 bits per heavy atom. The number of ketones is 1. The van der Waals surface area contributed by atoms with Gasteiger partial charge < -0.3 is 9.47 Å². The van der Waals surface area contributed by atoms with Crippen LogP contribution in [0.3, 0.4) is 0 Å². The van der Waals surface area contributed by atoms with Crippen LogP contribution in [-0.2, 0) is 35.3 Å². The van der Waals surface area contributed by atoms with E-state index < -0.39 is 41.2 Å². The van der Waals surface area contributed by atoms with E-state index in [-0.39, 0.29) is 38.1 Å². The van der Waals surface area contributed by atoms with Gasteiger partial charge in [0.2, 0.25) is 11.7 Å². The molecule has 0 fully saturated rings. The van der Waals surface area contributed by atoms with E-state index in [2.05, 4.69) is 10.2 Å². The topological polar surface area (TPSA) is 122 Å². The van der Waals surface area contributed by atoms with Crippen molar-refractivity contribution in [2.75, 3.05) is 12.9 Å². The Labute approximate surface area is 210 Å². The van der Waals surface area contributed by atoms with Crippen LogP contribution in [0.15, 0.2) is 23.2 Å². The molecule has 0 aliphatic rings. The maximum Gasteiger partial charge on any atom is 0.348 e. The summed E-state index contributed by atoms with van der Waals surface area (Å²) in [7, 11) is -0.699. The normalized spacial score (nSPS) is 11.8. The van der Waals surface area contributed by atoms with E-state index in [0.29, 0.717) is 11.4 Å². The highest BCUT2D eigenvalue weighted by molar-refractivity contribution is 7.90. The molecule has 0 spiro atoms. The minimum Gasteiger partial charge on any atom is -0.403 e.